The number of piperidine rings is 1. The van der Waals surface area contributed by atoms with Gasteiger partial charge in [0.1, 0.15) is 5.82 Å². The molecule has 0 aliphatic carbocycles. The van der Waals surface area contributed by atoms with Crippen molar-refractivity contribution in [3.8, 4) is 0 Å². The molecule has 1 aliphatic heterocycles. The molecule has 0 bridgehead atoms. The first-order chi connectivity index (χ1) is 14.8. The van der Waals surface area contributed by atoms with Crippen LogP contribution in [0.25, 0.3) is 0 Å². The highest BCUT2D eigenvalue weighted by atomic mass is 32.2. The molecule has 1 heterocycles. The van der Waals surface area contributed by atoms with E-state index in [1.807, 2.05) is 25.2 Å². The molecule has 0 unspecified atom stereocenters. The summed E-state index contributed by atoms with van der Waals surface area (Å²) in [6.07, 6.45) is 1.86. The molecule has 1 fully saturated rings. The first kappa shape index (κ1) is 23.2. The molecule has 3 rings (SSSR count). The van der Waals surface area contributed by atoms with E-state index in [9.17, 15) is 17.6 Å². The van der Waals surface area contributed by atoms with Gasteiger partial charge in [-0.1, -0.05) is 30.3 Å². The van der Waals surface area contributed by atoms with Crippen LogP contribution in [-0.2, 0) is 20.6 Å². The second kappa shape index (κ2) is 10.7. The van der Waals surface area contributed by atoms with Crippen LogP contribution in [-0.4, -0.2) is 51.9 Å². The predicted octanol–water partition coefficient (Wildman–Crippen LogP) is 3.01. The Morgan fingerprint density at radius 3 is 2.39 bits per heavy atom. The molecule has 2 aromatic carbocycles. The average molecular weight is 448 g/mol. The predicted molar refractivity (Wildman–Crippen MR) is 121 cm³/mol. The van der Waals surface area contributed by atoms with Crippen molar-refractivity contribution in [1.82, 2.24) is 9.62 Å². The molecule has 31 heavy (non-hydrogen) atoms. The quantitative estimate of drug-likeness (QED) is 0.600. The molecule has 1 aliphatic rings. The van der Waals surface area contributed by atoms with Crippen molar-refractivity contribution in [3.63, 3.8) is 0 Å². The number of hydrogen-bond donors (Lipinski definition) is 1. The van der Waals surface area contributed by atoms with Crippen molar-refractivity contribution < 1.29 is 17.6 Å². The lowest BCUT2D eigenvalue weighted by atomic mass is 9.97. The van der Waals surface area contributed by atoms with E-state index in [4.69, 9.17) is 0 Å². The number of nitrogens with zero attached hydrogens (tertiary/aromatic N) is 2. The second-order valence-corrected chi connectivity index (χ2v) is 9.93. The van der Waals surface area contributed by atoms with Gasteiger partial charge < -0.3 is 10.2 Å². The number of carbonyl (C=O) groups is 1. The van der Waals surface area contributed by atoms with Crippen LogP contribution in [0.1, 0.15) is 24.8 Å². The van der Waals surface area contributed by atoms with E-state index in [2.05, 4.69) is 22.3 Å². The van der Waals surface area contributed by atoms with E-state index in [-0.39, 0.29) is 23.4 Å². The van der Waals surface area contributed by atoms with E-state index < -0.39 is 10.0 Å². The van der Waals surface area contributed by atoms with Crippen molar-refractivity contribution in [3.05, 3.63) is 66.0 Å². The van der Waals surface area contributed by atoms with Gasteiger partial charge in [-0.3, -0.25) is 4.79 Å². The summed E-state index contributed by atoms with van der Waals surface area (Å²) in [7, 11) is -1.45. The molecular weight excluding hydrogens is 417 g/mol. The van der Waals surface area contributed by atoms with Crippen molar-refractivity contribution >= 4 is 21.6 Å². The van der Waals surface area contributed by atoms with Crippen molar-refractivity contribution in [2.24, 2.45) is 5.92 Å². The summed E-state index contributed by atoms with van der Waals surface area (Å²) in [5.74, 6) is -0.708. The Balaban J connectivity index is 1.38. The van der Waals surface area contributed by atoms with Crippen LogP contribution in [0, 0.1) is 11.7 Å². The van der Waals surface area contributed by atoms with E-state index in [1.54, 1.807) is 0 Å². The fourth-order valence-electron chi connectivity index (χ4n) is 3.76. The zero-order valence-corrected chi connectivity index (χ0v) is 18.7. The van der Waals surface area contributed by atoms with Crippen LogP contribution >= 0.6 is 0 Å². The molecule has 0 aromatic heterocycles. The lowest BCUT2D eigenvalue weighted by molar-refractivity contribution is -0.126. The third kappa shape index (κ3) is 6.77. The maximum Gasteiger partial charge on any atom is 0.223 e. The molecular formula is C23H30FN3O3S. The smallest absolute Gasteiger partial charge is 0.223 e. The van der Waals surface area contributed by atoms with Gasteiger partial charge in [-0.2, -0.15) is 0 Å². The number of hydrogen-bond acceptors (Lipinski definition) is 4. The minimum atomic E-state index is -3.48. The van der Waals surface area contributed by atoms with Crippen LogP contribution in [0.3, 0.4) is 0 Å². The number of rotatable bonds is 9. The van der Waals surface area contributed by atoms with Gasteiger partial charge in [-0.05, 0) is 49.1 Å². The molecule has 0 atom stereocenters. The summed E-state index contributed by atoms with van der Waals surface area (Å²) >= 11 is 0. The maximum absolute atomic E-state index is 13.0. The van der Waals surface area contributed by atoms with Crippen LogP contribution < -0.4 is 10.2 Å². The Morgan fingerprint density at radius 2 is 1.74 bits per heavy atom. The van der Waals surface area contributed by atoms with Crippen LogP contribution in [0.5, 0.6) is 0 Å². The summed E-state index contributed by atoms with van der Waals surface area (Å²) in [5.41, 5.74) is 1.70. The molecule has 168 valence electrons. The number of para-hydroxylation sites is 1. The molecule has 8 heteroatoms. The van der Waals surface area contributed by atoms with Crippen molar-refractivity contribution in [1.29, 1.82) is 0 Å². The highest BCUT2D eigenvalue weighted by Crippen LogP contribution is 2.22. The van der Waals surface area contributed by atoms with E-state index in [0.29, 0.717) is 38.0 Å². The van der Waals surface area contributed by atoms with Gasteiger partial charge in [0, 0.05) is 44.8 Å². The third-order valence-electron chi connectivity index (χ3n) is 5.65. The van der Waals surface area contributed by atoms with E-state index >= 15 is 0 Å². The minimum Gasteiger partial charge on any atom is -0.375 e. The number of anilines is 1. The van der Waals surface area contributed by atoms with Gasteiger partial charge in [0.15, 0.2) is 0 Å². The summed E-state index contributed by atoms with van der Waals surface area (Å²) in [6, 6.07) is 15.6. The average Bonchev–Trinajstić information content (AvgIpc) is 2.78. The minimum absolute atomic E-state index is 0.00190. The number of nitrogens with one attached hydrogen (secondary N) is 1. The topological polar surface area (TPSA) is 69.7 Å². The molecule has 1 amide bonds. The van der Waals surface area contributed by atoms with Gasteiger partial charge >= 0.3 is 0 Å². The molecule has 1 N–H and O–H groups in total. The molecule has 0 radical (unpaired) electrons. The monoisotopic (exact) mass is 447 g/mol. The Hall–Kier alpha value is -2.45. The van der Waals surface area contributed by atoms with Gasteiger partial charge in [0.25, 0.3) is 0 Å². The lowest BCUT2D eigenvalue weighted by Crippen LogP contribution is -2.43. The van der Waals surface area contributed by atoms with Gasteiger partial charge in [0.05, 0.1) is 5.75 Å². The Labute approximate surface area is 184 Å². The highest BCUT2D eigenvalue weighted by molar-refractivity contribution is 7.88. The SMILES string of the molecule is CN(CCCNC(=O)C1CCN(S(=O)(=O)Cc2ccc(F)cc2)CC1)c1ccccc1. The standard InChI is InChI=1S/C23H30FN3O3S/c1-26(22-6-3-2-4-7-22)15-5-14-25-23(28)20-12-16-27(17-13-20)31(29,30)18-19-8-10-21(24)11-9-19/h2-4,6-11,20H,5,12-18H2,1H3,(H,25,28). The van der Waals surface area contributed by atoms with Gasteiger partial charge in [-0.25, -0.2) is 17.1 Å². The molecule has 1 saturated heterocycles. The van der Waals surface area contributed by atoms with Crippen molar-refractivity contribution in [2.75, 3.05) is 38.1 Å². The normalized spacial score (nSPS) is 15.5. The third-order valence-corrected chi connectivity index (χ3v) is 7.50. The summed E-state index contributed by atoms with van der Waals surface area (Å²) < 4.78 is 39.7. The number of carbonyl (C=O) groups excluding carboxylic acids is 1. The first-order valence-corrected chi connectivity index (χ1v) is 12.2. The summed E-state index contributed by atoms with van der Waals surface area (Å²) in [4.78, 5) is 14.6. The number of halogens is 1. The highest BCUT2D eigenvalue weighted by Gasteiger charge is 2.31. The van der Waals surface area contributed by atoms with E-state index in [1.165, 1.54) is 28.6 Å². The largest absolute Gasteiger partial charge is 0.375 e. The fraction of sp³-hybridized carbons (Fsp3) is 0.435. The molecule has 0 spiro atoms. The zero-order valence-electron chi connectivity index (χ0n) is 17.8. The van der Waals surface area contributed by atoms with E-state index in [0.717, 1.165) is 18.7 Å². The van der Waals surface area contributed by atoms with Crippen LogP contribution in [0.4, 0.5) is 10.1 Å². The fourth-order valence-corrected chi connectivity index (χ4v) is 5.33. The second-order valence-electron chi connectivity index (χ2n) is 7.96. The Kier molecular flexibility index (Phi) is 8.03. The van der Waals surface area contributed by atoms with Gasteiger partial charge in [0.2, 0.25) is 15.9 Å². The molecule has 2 aromatic rings. The number of benzene rings is 2. The van der Waals surface area contributed by atoms with Crippen LogP contribution in [0.15, 0.2) is 54.6 Å². The van der Waals surface area contributed by atoms with Crippen molar-refractivity contribution in [2.45, 2.75) is 25.0 Å². The Bertz CT molecular complexity index is 944. The number of sulfonamides is 1. The molecule has 0 saturated carbocycles. The number of amides is 1. The summed E-state index contributed by atoms with van der Waals surface area (Å²) in [6.45, 7) is 2.10. The summed E-state index contributed by atoms with van der Waals surface area (Å²) in [5, 5.41) is 2.99. The molecule has 6 nitrogen and oxygen atoms in total. The lowest BCUT2D eigenvalue weighted by Gasteiger charge is -2.30. The first-order valence-electron chi connectivity index (χ1n) is 10.6. The van der Waals surface area contributed by atoms with Gasteiger partial charge in [-0.15, -0.1) is 0 Å². The zero-order chi connectivity index (χ0) is 22.3. The Morgan fingerprint density at radius 1 is 1.10 bits per heavy atom. The maximum atomic E-state index is 13.0. The van der Waals surface area contributed by atoms with Crippen LogP contribution in [0.2, 0.25) is 0 Å².